The Hall–Kier alpha value is -4.54. The summed E-state index contributed by atoms with van der Waals surface area (Å²) in [5.41, 5.74) is -0.492. The standard InChI is InChI=1S/C39H42N7O6P/c1-7-39-22-49-34(35(39)52-53(50-18-17-40-6)46(23(2)3)24(4)5)37(51-39)45-20-30(36(47)41-38(45)48)31-21-44(43-42-31)19-28-14-13-27-12-11-25-9-8-10-26-15-16-29(28)33(27)32(25)26/h8-16,20-21,23-24,34-35,37H,7,17-19,22H2,1-5H3,(H,41,47,48)/t34-,35?,37+,39-,53?/m0/s1. The van der Waals surface area contributed by atoms with Gasteiger partial charge >= 0.3 is 5.69 Å². The van der Waals surface area contributed by atoms with Crippen LogP contribution in [0.15, 0.2) is 76.6 Å². The molecule has 2 saturated heterocycles. The number of fused-ring (bicyclic) bond motifs is 2. The summed E-state index contributed by atoms with van der Waals surface area (Å²) in [6.07, 6.45) is 1.65. The van der Waals surface area contributed by atoms with Crippen LogP contribution in [-0.2, 0) is 25.1 Å². The van der Waals surface area contributed by atoms with Crippen LogP contribution in [0.1, 0.15) is 52.8 Å². The number of nitrogens with one attached hydrogen (secondary N) is 1. The monoisotopic (exact) mass is 735 g/mol. The van der Waals surface area contributed by atoms with Gasteiger partial charge in [-0.05, 0) is 72.0 Å². The normalized spacial score (nSPS) is 22.0. The fourth-order valence-electron chi connectivity index (χ4n) is 7.96. The third-order valence-electron chi connectivity index (χ3n) is 10.4. The number of nitrogens with zero attached hydrogens (tertiary/aromatic N) is 6. The molecule has 2 bridgehead atoms. The fraction of sp³-hybridized carbons (Fsp3) is 0.410. The van der Waals surface area contributed by atoms with E-state index >= 15 is 0 Å². The zero-order valence-electron chi connectivity index (χ0n) is 30.4. The molecule has 1 N–H and O–H groups in total. The SMILES string of the molecule is [C-]#[N+]CCOP(OC1[C@@H]2OC[C@]1(CC)O[C@H]2n1cc(-c2cn(Cc3ccc4ccc5cccc6ccc3c4c56)nn2)c(=O)[nH]c1=O)N(C(C)C)C(C)C. The average Bonchev–Trinajstić information content (AvgIpc) is 3.83. The Kier molecular flexibility index (Phi) is 9.39. The number of aromatic nitrogens is 5. The van der Waals surface area contributed by atoms with Crippen molar-refractivity contribution in [1.82, 2.24) is 29.2 Å². The van der Waals surface area contributed by atoms with E-state index in [9.17, 15) is 9.59 Å². The first kappa shape index (κ1) is 35.5. The molecule has 2 aliphatic heterocycles. The van der Waals surface area contributed by atoms with E-state index in [1.165, 1.54) is 37.7 Å². The Morgan fingerprint density at radius 2 is 1.75 bits per heavy atom. The third-order valence-corrected chi connectivity index (χ3v) is 12.5. The Balaban J connectivity index is 1.09. The van der Waals surface area contributed by atoms with Gasteiger partial charge in [0, 0.05) is 18.3 Å². The lowest BCUT2D eigenvalue weighted by Crippen LogP contribution is -2.43. The summed E-state index contributed by atoms with van der Waals surface area (Å²) >= 11 is 0. The molecule has 274 valence electrons. The van der Waals surface area contributed by atoms with Crippen molar-refractivity contribution in [3.05, 3.63) is 105 Å². The van der Waals surface area contributed by atoms with Crippen molar-refractivity contribution < 1.29 is 18.5 Å². The summed E-state index contributed by atoms with van der Waals surface area (Å²) < 4.78 is 31.1. The Bertz CT molecular complexity index is 2430. The molecule has 6 aromatic rings. The molecule has 2 aromatic heterocycles. The first-order valence-electron chi connectivity index (χ1n) is 18.0. The highest BCUT2D eigenvalue weighted by Gasteiger charge is 2.63. The third kappa shape index (κ3) is 6.13. The second-order valence-corrected chi connectivity index (χ2v) is 15.7. The highest BCUT2D eigenvalue weighted by Crippen LogP contribution is 2.56. The van der Waals surface area contributed by atoms with Gasteiger partial charge in [-0.2, -0.15) is 0 Å². The molecule has 53 heavy (non-hydrogen) atoms. The number of hydrogen-bond acceptors (Lipinski definition) is 9. The highest BCUT2D eigenvalue weighted by atomic mass is 31.2. The van der Waals surface area contributed by atoms with Crippen LogP contribution in [0, 0.1) is 6.57 Å². The quantitative estimate of drug-likeness (QED) is 0.0613. The minimum Gasteiger partial charge on any atom is -0.368 e. The zero-order chi connectivity index (χ0) is 37.0. The van der Waals surface area contributed by atoms with Gasteiger partial charge in [0.15, 0.2) is 6.23 Å². The molecule has 4 aromatic carbocycles. The molecule has 2 unspecified atom stereocenters. The number of benzene rings is 4. The Morgan fingerprint density at radius 3 is 2.47 bits per heavy atom. The van der Waals surface area contributed by atoms with Gasteiger partial charge in [0.2, 0.25) is 6.54 Å². The molecule has 4 heterocycles. The summed E-state index contributed by atoms with van der Waals surface area (Å²) in [6.45, 7) is 18.7. The molecule has 0 spiro atoms. The lowest BCUT2D eigenvalue weighted by atomic mass is 9.92. The van der Waals surface area contributed by atoms with Gasteiger partial charge in [0.1, 0.15) is 30.1 Å². The van der Waals surface area contributed by atoms with Gasteiger partial charge in [-0.15, -0.1) is 5.10 Å². The second kappa shape index (κ2) is 14.0. The summed E-state index contributed by atoms with van der Waals surface area (Å²) in [6, 6.07) is 19.4. The van der Waals surface area contributed by atoms with Crippen molar-refractivity contribution in [3.63, 3.8) is 0 Å². The van der Waals surface area contributed by atoms with Gasteiger partial charge in [-0.1, -0.05) is 66.7 Å². The molecule has 5 atom stereocenters. The van der Waals surface area contributed by atoms with E-state index in [1.54, 1.807) is 10.9 Å². The van der Waals surface area contributed by atoms with Crippen LogP contribution in [0.5, 0.6) is 0 Å². The molecule has 8 rings (SSSR count). The van der Waals surface area contributed by atoms with Crippen molar-refractivity contribution in [2.75, 3.05) is 19.8 Å². The number of ether oxygens (including phenoxy) is 2. The van der Waals surface area contributed by atoms with Gasteiger partial charge < -0.3 is 23.4 Å². The molecular weight excluding hydrogens is 693 g/mol. The molecule has 2 aliphatic rings. The summed E-state index contributed by atoms with van der Waals surface area (Å²) in [5.74, 6) is 0. The summed E-state index contributed by atoms with van der Waals surface area (Å²) in [7, 11) is -1.60. The molecule has 14 heteroatoms. The molecule has 0 saturated carbocycles. The topological polar surface area (TPSA) is 130 Å². The number of H-pyrrole nitrogens is 1. The van der Waals surface area contributed by atoms with Gasteiger partial charge in [-0.3, -0.25) is 14.3 Å². The van der Waals surface area contributed by atoms with Crippen molar-refractivity contribution in [3.8, 4) is 11.3 Å². The van der Waals surface area contributed by atoms with Crippen molar-refractivity contribution in [2.45, 2.75) is 83.7 Å². The minimum atomic E-state index is -1.60. The maximum Gasteiger partial charge on any atom is 0.330 e. The largest absolute Gasteiger partial charge is 0.368 e. The van der Waals surface area contributed by atoms with Gasteiger partial charge in [0.25, 0.3) is 14.1 Å². The summed E-state index contributed by atoms with van der Waals surface area (Å²) in [5, 5.41) is 15.9. The lowest BCUT2D eigenvalue weighted by Gasteiger charge is -2.38. The van der Waals surface area contributed by atoms with Crippen molar-refractivity contribution in [1.29, 1.82) is 0 Å². The van der Waals surface area contributed by atoms with E-state index in [4.69, 9.17) is 25.1 Å². The number of aromatic amines is 1. The fourth-order valence-corrected chi connectivity index (χ4v) is 9.76. The smallest absolute Gasteiger partial charge is 0.330 e. The van der Waals surface area contributed by atoms with E-state index in [2.05, 4.69) is 107 Å². The molecule has 0 radical (unpaired) electrons. The van der Waals surface area contributed by atoms with E-state index in [1.807, 2.05) is 6.92 Å². The maximum atomic E-state index is 13.4. The summed E-state index contributed by atoms with van der Waals surface area (Å²) in [4.78, 5) is 32.6. The van der Waals surface area contributed by atoms with Crippen molar-refractivity contribution >= 4 is 40.8 Å². The molecule has 2 fully saturated rings. The molecule has 0 aliphatic carbocycles. The van der Waals surface area contributed by atoms with Crippen LogP contribution in [0.3, 0.4) is 0 Å². The predicted molar refractivity (Wildman–Crippen MR) is 204 cm³/mol. The van der Waals surface area contributed by atoms with E-state index in [0.717, 1.165) is 10.9 Å². The van der Waals surface area contributed by atoms with Crippen LogP contribution in [0.2, 0.25) is 0 Å². The van der Waals surface area contributed by atoms with Gasteiger partial charge in [0.05, 0.1) is 24.9 Å². The molecule has 13 nitrogen and oxygen atoms in total. The van der Waals surface area contributed by atoms with Crippen LogP contribution in [0.25, 0.3) is 48.4 Å². The minimum absolute atomic E-state index is 0.106. The Labute approximate surface area is 307 Å². The van der Waals surface area contributed by atoms with Gasteiger partial charge in [-0.25, -0.2) is 20.7 Å². The second-order valence-electron chi connectivity index (χ2n) is 14.3. The van der Waals surface area contributed by atoms with E-state index in [0.29, 0.717) is 18.7 Å². The first-order chi connectivity index (χ1) is 25.6. The van der Waals surface area contributed by atoms with E-state index in [-0.39, 0.29) is 37.4 Å². The van der Waals surface area contributed by atoms with Crippen LogP contribution in [-0.4, -0.2) is 78.9 Å². The lowest BCUT2D eigenvalue weighted by molar-refractivity contribution is -0.175. The average molecular weight is 736 g/mol. The number of hydrogen-bond donors (Lipinski definition) is 1. The predicted octanol–water partition coefficient (Wildman–Crippen LogP) is 6.48. The van der Waals surface area contributed by atoms with E-state index < -0.39 is 43.8 Å². The highest BCUT2D eigenvalue weighted by molar-refractivity contribution is 7.44. The van der Waals surface area contributed by atoms with Crippen LogP contribution in [0.4, 0.5) is 0 Å². The molecule has 0 amide bonds. The van der Waals surface area contributed by atoms with Crippen LogP contribution >= 0.6 is 8.53 Å². The van der Waals surface area contributed by atoms with Crippen LogP contribution < -0.4 is 11.2 Å². The van der Waals surface area contributed by atoms with Crippen molar-refractivity contribution in [2.24, 2.45) is 0 Å². The zero-order valence-corrected chi connectivity index (χ0v) is 31.2. The number of rotatable bonds is 13. The Morgan fingerprint density at radius 1 is 1.04 bits per heavy atom. The maximum absolute atomic E-state index is 13.4. The first-order valence-corrected chi connectivity index (χ1v) is 19.2. The molecular formula is C39H42N7O6P.